The molecule has 5 nitrogen and oxygen atoms in total. The molecule has 1 N–H and O–H groups in total. The first-order valence-corrected chi connectivity index (χ1v) is 6.91. The fourth-order valence-electron chi connectivity index (χ4n) is 2.29. The van der Waals surface area contributed by atoms with Crippen LogP contribution in [0, 0.1) is 6.92 Å². The number of benzene rings is 1. The molecular weight excluding hydrogens is 258 g/mol. The van der Waals surface area contributed by atoms with E-state index >= 15 is 0 Å². The predicted molar refractivity (Wildman–Crippen MR) is 75.5 cm³/mol. The van der Waals surface area contributed by atoms with Gasteiger partial charge in [-0.2, -0.15) is 0 Å². The SMILES string of the molecule is CCN1CCOC(COc2ccc(C)cc2C(=O)O)C1. The van der Waals surface area contributed by atoms with E-state index in [1.165, 1.54) is 0 Å². The van der Waals surface area contributed by atoms with Gasteiger partial charge in [0.15, 0.2) is 0 Å². The lowest BCUT2D eigenvalue weighted by Crippen LogP contribution is -2.44. The van der Waals surface area contributed by atoms with Gasteiger partial charge < -0.3 is 14.6 Å². The lowest BCUT2D eigenvalue weighted by Gasteiger charge is -2.31. The second-order valence-electron chi connectivity index (χ2n) is 5.00. The highest BCUT2D eigenvalue weighted by molar-refractivity contribution is 5.91. The molecule has 0 bridgehead atoms. The number of hydrogen-bond donors (Lipinski definition) is 1. The average molecular weight is 279 g/mol. The summed E-state index contributed by atoms with van der Waals surface area (Å²) >= 11 is 0. The molecule has 0 spiro atoms. The Morgan fingerprint density at radius 3 is 3.05 bits per heavy atom. The molecule has 0 amide bonds. The van der Waals surface area contributed by atoms with Gasteiger partial charge in [0.2, 0.25) is 0 Å². The number of morpholine rings is 1. The van der Waals surface area contributed by atoms with E-state index in [0.29, 0.717) is 19.0 Å². The first-order chi connectivity index (χ1) is 9.60. The Balaban J connectivity index is 1.98. The van der Waals surface area contributed by atoms with Crippen LogP contribution in [0.5, 0.6) is 5.75 Å². The molecular formula is C15H21NO4. The van der Waals surface area contributed by atoms with Crippen molar-refractivity contribution in [1.82, 2.24) is 4.90 Å². The van der Waals surface area contributed by atoms with Gasteiger partial charge in [-0.15, -0.1) is 0 Å². The maximum atomic E-state index is 11.2. The maximum absolute atomic E-state index is 11.2. The molecule has 1 aromatic carbocycles. The van der Waals surface area contributed by atoms with Crippen molar-refractivity contribution in [3.63, 3.8) is 0 Å². The molecule has 0 aromatic heterocycles. The number of rotatable bonds is 5. The van der Waals surface area contributed by atoms with Crippen molar-refractivity contribution in [3.8, 4) is 5.75 Å². The van der Waals surface area contributed by atoms with Crippen LogP contribution in [-0.4, -0.2) is 54.9 Å². The zero-order valence-corrected chi connectivity index (χ0v) is 12.0. The summed E-state index contributed by atoms with van der Waals surface area (Å²) in [6, 6.07) is 5.18. The van der Waals surface area contributed by atoms with Crippen molar-refractivity contribution < 1.29 is 19.4 Å². The van der Waals surface area contributed by atoms with Crippen LogP contribution in [0.4, 0.5) is 0 Å². The van der Waals surface area contributed by atoms with Crippen LogP contribution in [0.1, 0.15) is 22.8 Å². The highest BCUT2D eigenvalue weighted by Gasteiger charge is 2.21. The van der Waals surface area contributed by atoms with Gasteiger partial charge in [-0.05, 0) is 25.6 Å². The number of aryl methyl sites for hydroxylation is 1. The number of likely N-dealkylation sites (N-methyl/N-ethyl adjacent to an activating group) is 1. The van der Waals surface area contributed by atoms with Gasteiger partial charge in [-0.3, -0.25) is 4.90 Å². The summed E-state index contributed by atoms with van der Waals surface area (Å²) < 4.78 is 11.3. The molecule has 110 valence electrons. The third-order valence-electron chi connectivity index (χ3n) is 3.46. The molecule has 1 unspecified atom stereocenters. The Hall–Kier alpha value is -1.59. The molecule has 1 atom stereocenters. The van der Waals surface area contributed by atoms with Crippen LogP contribution in [0.25, 0.3) is 0 Å². The average Bonchev–Trinajstić information content (AvgIpc) is 2.46. The van der Waals surface area contributed by atoms with Gasteiger partial charge in [-0.1, -0.05) is 18.6 Å². The van der Waals surface area contributed by atoms with Crippen molar-refractivity contribution in [3.05, 3.63) is 29.3 Å². The molecule has 20 heavy (non-hydrogen) atoms. The van der Waals surface area contributed by atoms with Gasteiger partial charge in [0.1, 0.15) is 24.0 Å². The smallest absolute Gasteiger partial charge is 0.339 e. The zero-order valence-electron chi connectivity index (χ0n) is 12.0. The minimum atomic E-state index is -0.969. The molecule has 5 heteroatoms. The zero-order chi connectivity index (χ0) is 14.5. The molecule has 1 aromatic rings. The van der Waals surface area contributed by atoms with Gasteiger partial charge in [0, 0.05) is 13.1 Å². The summed E-state index contributed by atoms with van der Waals surface area (Å²) in [4.78, 5) is 13.5. The monoisotopic (exact) mass is 279 g/mol. The number of hydrogen-bond acceptors (Lipinski definition) is 4. The second kappa shape index (κ2) is 6.72. The largest absolute Gasteiger partial charge is 0.490 e. The lowest BCUT2D eigenvalue weighted by molar-refractivity contribution is -0.0465. The van der Waals surface area contributed by atoms with E-state index in [9.17, 15) is 9.90 Å². The van der Waals surface area contributed by atoms with E-state index in [1.54, 1.807) is 12.1 Å². The van der Waals surface area contributed by atoms with E-state index < -0.39 is 5.97 Å². The quantitative estimate of drug-likeness (QED) is 0.890. The summed E-state index contributed by atoms with van der Waals surface area (Å²) in [7, 11) is 0. The topological polar surface area (TPSA) is 59.0 Å². The van der Waals surface area contributed by atoms with Crippen LogP contribution in [0.2, 0.25) is 0 Å². The Kier molecular flexibility index (Phi) is 4.98. The van der Waals surface area contributed by atoms with Gasteiger partial charge in [0.05, 0.1) is 6.61 Å². The van der Waals surface area contributed by atoms with Crippen molar-refractivity contribution >= 4 is 5.97 Å². The van der Waals surface area contributed by atoms with Gasteiger partial charge >= 0.3 is 5.97 Å². The van der Waals surface area contributed by atoms with Gasteiger partial charge in [-0.25, -0.2) is 4.79 Å². The fourth-order valence-corrected chi connectivity index (χ4v) is 2.29. The number of aromatic carboxylic acids is 1. The van der Waals surface area contributed by atoms with Crippen LogP contribution < -0.4 is 4.74 Å². The second-order valence-corrected chi connectivity index (χ2v) is 5.00. The minimum Gasteiger partial charge on any atom is -0.490 e. The standard InChI is InChI=1S/C15H21NO4/c1-3-16-6-7-19-12(9-16)10-20-14-5-4-11(2)8-13(14)15(17)18/h4-5,8,12H,3,6-7,9-10H2,1-2H3,(H,17,18). The van der Waals surface area contributed by atoms with Crippen molar-refractivity contribution in [2.24, 2.45) is 0 Å². The molecule has 1 saturated heterocycles. The van der Waals surface area contributed by atoms with Crippen molar-refractivity contribution in [2.45, 2.75) is 20.0 Å². The Labute approximate surface area is 119 Å². The number of carboxylic acid groups (broad SMARTS) is 1. The van der Waals surface area contributed by atoms with Crippen LogP contribution >= 0.6 is 0 Å². The van der Waals surface area contributed by atoms with Crippen LogP contribution in [-0.2, 0) is 4.74 Å². The first-order valence-electron chi connectivity index (χ1n) is 6.91. The number of ether oxygens (including phenoxy) is 2. The highest BCUT2D eigenvalue weighted by atomic mass is 16.5. The van der Waals surface area contributed by atoms with Gasteiger partial charge in [0.25, 0.3) is 0 Å². The van der Waals surface area contributed by atoms with Crippen molar-refractivity contribution in [2.75, 3.05) is 32.8 Å². The predicted octanol–water partition coefficient (Wildman–Crippen LogP) is 1.79. The summed E-state index contributed by atoms with van der Waals surface area (Å²) in [6.45, 7) is 7.81. The molecule has 0 radical (unpaired) electrons. The Morgan fingerprint density at radius 1 is 1.55 bits per heavy atom. The first kappa shape index (κ1) is 14.8. The molecule has 1 aliphatic rings. The molecule has 1 aliphatic heterocycles. The number of carboxylic acids is 1. The third kappa shape index (κ3) is 3.71. The summed E-state index contributed by atoms with van der Waals surface area (Å²) in [5.74, 6) is -0.566. The highest BCUT2D eigenvalue weighted by Crippen LogP contribution is 2.20. The van der Waals surface area contributed by atoms with E-state index in [4.69, 9.17) is 9.47 Å². The molecule has 1 heterocycles. The lowest BCUT2D eigenvalue weighted by atomic mass is 10.1. The van der Waals surface area contributed by atoms with Crippen molar-refractivity contribution in [1.29, 1.82) is 0 Å². The van der Waals surface area contributed by atoms with E-state index in [-0.39, 0.29) is 11.7 Å². The Morgan fingerprint density at radius 2 is 2.35 bits per heavy atom. The Bertz CT molecular complexity index is 475. The minimum absolute atomic E-state index is 0.00773. The van der Waals surface area contributed by atoms with E-state index in [1.807, 2.05) is 13.0 Å². The number of nitrogens with zero attached hydrogens (tertiary/aromatic N) is 1. The summed E-state index contributed by atoms with van der Waals surface area (Å²) in [5, 5.41) is 9.19. The summed E-state index contributed by atoms with van der Waals surface area (Å²) in [6.07, 6.45) is -0.00773. The normalized spacial score (nSPS) is 19.8. The van der Waals surface area contributed by atoms with E-state index in [0.717, 1.165) is 25.2 Å². The maximum Gasteiger partial charge on any atom is 0.339 e. The third-order valence-corrected chi connectivity index (χ3v) is 3.46. The molecule has 0 saturated carbocycles. The van der Waals surface area contributed by atoms with Crippen LogP contribution in [0.3, 0.4) is 0 Å². The number of carbonyl (C=O) groups is 1. The van der Waals surface area contributed by atoms with Crippen LogP contribution in [0.15, 0.2) is 18.2 Å². The summed E-state index contributed by atoms with van der Waals surface area (Å²) in [5.41, 5.74) is 1.11. The van der Waals surface area contributed by atoms with E-state index in [2.05, 4.69) is 11.8 Å². The fraction of sp³-hybridized carbons (Fsp3) is 0.533. The molecule has 2 rings (SSSR count). The molecule has 1 fully saturated rings. The molecule has 0 aliphatic carbocycles.